The molecular formula is C10H14F2N2. The number of alkyl halides is 2. The van der Waals surface area contributed by atoms with Gasteiger partial charge in [-0.1, -0.05) is 12.1 Å². The molecule has 0 aliphatic carbocycles. The van der Waals surface area contributed by atoms with E-state index in [-0.39, 0.29) is 0 Å². The van der Waals surface area contributed by atoms with Gasteiger partial charge in [-0.3, -0.25) is 0 Å². The van der Waals surface area contributed by atoms with Crippen molar-refractivity contribution in [2.75, 3.05) is 19.0 Å². The molecule has 1 aromatic rings. The van der Waals surface area contributed by atoms with Gasteiger partial charge in [-0.2, -0.15) is 0 Å². The molecule has 0 aliphatic rings. The molecule has 0 radical (unpaired) electrons. The lowest BCUT2D eigenvalue weighted by molar-refractivity contribution is 0.116. The maximum Gasteiger partial charge on any atom is 0.257 e. The van der Waals surface area contributed by atoms with Gasteiger partial charge in [0.1, 0.15) is 0 Å². The molecule has 78 valence electrons. The van der Waals surface area contributed by atoms with Crippen LogP contribution in [0.15, 0.2) is 24.3 Å². The number of nitrogens with zero attached hydrogens (tertiary/aromatic N) is 1. The van der Waals surface area contributed by atoms with Crippen LogP contribution in [0.4, 0.5) is 14.5 Å². The summed E-state index contributed by atoms with van der Waals surface area (Å²) in [6, 6.07) is 5.62. The predicted octanol–water partition coefficient (Wildman–Crippen LogP) is 2.02. The molecule has 1 aromatic carbocycles. The van der Waals surface area contributed by atoms with Crippen LogP contribution in [0.3, 0.4) is 0 Å². The highest BCUT2D eigenvalue weighted by atomic mass is 19.3. The van der Waals surface area contributed by atoms with Gasteiger partial charge in [-0.15, -0.1) is 0 Å². The third-order valence-electron chi connectivity index (χ3n) is 2.07. The first-order valence-corrected chi connectivity index (χ1v) is 4.33. The van der Waals surface area contributed by atoms with E-state index in [0.717, 1.165) is 5.69 Å². The number of hydrogen-bond donors (Lipinski definition) is 1. The third kappa shape index (κ3) is 2.42. The molecule has 1 rings (SSSR count). The highest BCUT2D eigenvalue weighted by molar-refractivity contribution is 5.46. The second-order valence-corrected chi connectivity index (χ2v) is 3.35. The van der Waals surface area contributed by atoms with Crippen molar-refractivity contribution in [3.8, 4) is 0 Å². The number of anilines is 1. The van der Waals surface area contributed by atoms with Crippen molar-refractivity contribution in [1.29, 1.82) is 0 Å². The molecule has 1 unspecified atom stereocenters. The Balaban J connectivity index is 2.83. The Bertz CT molecular complexity index is 283. The van der Waals surface area contributed by atoms with Crippen LogP contribution in [0.2, 0.25) is 0 Å². The maximum atomic E-state index is 12.2. The van der Waals surface area contributed by atoms with Crippen molar-refractivity contribution >= 4 is 5.69 Å². The predicted molar refractivity (Wildman–Crippen MR) is 53.7 cm³/mol. The number of rotatable bonds is 3. The Labute approximate surface area is 82.3 Å². The molecule has 0 heterocycles. The van der Waals surface area contributed by atoms with Crippen molar-refractivity contribution in [2.45, 2.75) is 12.5 Å². The van der Waals surface area contributed by atoms with Gasteiger partial charge in [0.2, 0.25) is 0 Å². The van der Waals surface area contributed by atoms with E-state index in [1.807, 2.05) is 19.0 Å². The minimum Gasteiger partial charge on any atom is -0.378 e. The molecule has 0 aromatic heterocycles. The van der Waals surface area contributed by atoms with E-state index in [4.69, 9.17) is 5.73 Å². The van der Waals surface area contributed by atoms with Crippen molar-refractivity contribution < 1.29 is 8.78 Å². The highest BCUT2D eigenvalue weighted by Gasteiger charge is 2.16. The summed E-state index contributed by atoms with van der Waals surface area (Å²) in [5.74, 6) is 0. The Kier molecular flexibility index (Phi) is 3.41. The Hall–Kier alpha value is -1.16. The largest absolute Gasteiger partial charge is 0.378 e. The number of benzene rings is 1. The van der Waals surface area contributed by atoms with Gasteiger partial charge in [-0.05, 0) is 17.7 Å². The molecule has 0 fully saturated rings. The zero-order valence-corrected chi connectivity index (χ0v) is 8.24. The molecule has 0 amide bonds. The average molecular weight is 200 g/mol. The summed E-state index contributed by atoms with van der Waals surface area (Å²) in [5.41, 5.74) is 6.73. The molecule has 0 saturated heterocycles. The van der Waals surface area contributed by atoms with Crippen molar-refractivity contribution in [3.05, 3.63) is 29.8 Å². The van der Waals surface area contributed by atoms with Crippen LogP contribution < -0.4 is 10.6 Å². The zero-order chi connectivity index (χ0) is 10.7. The summed E-state index contributed by atoms with van der Waals surface area (Å²) in [7, 11) is 3.78. The monoisotopic (exact) mass is 200 g/mol. The molecule has 0 spiro atoms. The van der Waals surface area contributed by atoms with Gasteiger partial charge in [0.15, 0.2) is 0 Å². The number of hydrogen-bond acceptors (Lipinski definition) is 2. The molecule has 1 atom stereocenters. The van der Waals surface area contributed by atoms with Crippen molar-refractivity contribution in [2.24, 2.45) is 5.73 Å². The summed E-state index contributed by atoms with van der Waals surface area (Å²) < 4.78 is 24.5. The minimum absolute atomic E-state index is 0.464. The molecule has 0 bridgehead atoms. The fraction of sp³-hybridized carbons (Fsp3) is 0.400. The van der Waals surface area contributed by atoms with Gasteiger partial charge in [0, 0.05) is 19.8 Å². The Morgan fingerprint density at radius 1 is 1.14 bits per heavy atom. The molecule has 14 heavy (non-hydrogen) atoms. The second-order valence-electron chi connectivity index (χ2n) is 3.35. The first-order chi connectivity index (χ1) is 6.52. The molecule has 2 N–H and O–H groups in total. The van der Waals surface area contributed by atoms with Crippen LogP contribution in [-0.4, -0.2) is 20.5 Å². The fourth-order valence-corrected chi connectivity index (χ4v) is 1.14. The smallest absolute Gasteiger partial charge is 0.257 e. The lowest BCUT2D eigenvalue weighted by Gasteiger charge is -2.15. The van der Waals surface area contributed by atoms with Gasteiger partial charge in [0.25, 0.3) is 6.43 Å². The van der Waals surface area contributed by atoms with E-state index in [1.165, 1.54) is 0 Å². The van der Waals surface area contributed by atoms with Crippen LogP contribution in [0.5, 0.6) is 0 Å². The van der Waals surface area contributed by atoms with Crippen LogP contribution in [0.1, 0.15) is 11.6 Å². The highest BCUT2D eigenvalue weighted by Crippen LogP contribution is 2.20. The minimum atomic E-state index is -2.51. The Morgan fingerprint density at radius 3 is 2.00 bits per heavy atom. The standard InChI is InChI=1S/C10H14F2N2/c1-14(2)8-5-3-7(4-6-8)9(13)10(11)12/h3-6,9-10H,13H2,1-2H3. The maximum absolute atomic E-state index is 12.2. The summed E-state index contributed by atoms with van der Waals surface area (Å²) in [6.07, 6.45) is -2.51. The average Bonchev–Trinajstić information content (AvgIpc) is 2.16. The summed E-state index contributed by atoms with van der Waals surface area (Å²) >= 11 is 0. The zero-order valence-electron chi connectivity index (χ0n) is 8.24. The lowest BCUT2D eigenvalue weighted by atomic mass is 10.1. The topological polar surface area (TPSA) is 29.3 Å². The Morgan fingerprint density at radius 2 is 1.64 bits per heavy atom. The SMILES string of the molecule is CN(C)c1ccc(C(N)C(F)F)cc1. The van der Waals surface area contributed by atoms with Crippen molar-refractivity contribution in [3.63, 3.8) is 0 Å². The molecule has 2 nitrogen and oxygen atoms in total. The van der Waals surface area contributed by atoms with Crippen molar-refractivity contribution in [1.82, 2.24) is 0 Å². The van der Waals surface area contributed by atoms with E-state index in [2.05, 4.69) is 0 Å². The van der Waals surface area contributed by atoms with Crippen LogP contribution in [0.25, 0.3) is 0 Å². The summed E-state index contributed by atoms with van der Waals surface area (Å²) in [6.45, 7) is 0. The normalized spacial score (nSPS) is 13.0. The molecular weight excluding hydrogens is 186 g/mol. The van der Waals surface area contributed by atoms with Gasteiger partial charge in [0.05, 0.1) is 6.04 Å². The second kappa shape index (κ2) is 4.37. The van der Waals surface area contributed by atoms with E-state index >= 15 is 0 Å². The number of nitrogens with two attached hydrogens (primary N) is 1. The van der Waals surface area contributed by atoms with Crippen LogP contribution in [-0.2, 0) is 0 Å². The summed E-state index contributed by atoms with van der Waals surface area (Å²) in [4.78, 5) is 1.90. The van der Waals surface area contributed by atoms with Gasteiger partial charge in [-0.25, -0.2) is 8.78 Å². The molecule has 0 saturated carbocycles. The fourth-order valence-electron chi connectivity index (χ4n) is 1.14. The first-order valence-electron chi connectivity index (χ1n) is 4.33. The lowest BCUT2D eigenvalue weighted by Crippen LogP contribution is -2.19. The quantitative estimate of drug-likeness (QED) is 0.808. The summed E-state index contributed by atoms with van der Waals surface area (Å²) in [5, 5.41) is 0. The number of halogens is 2. The van der Waals surface area contributed by atoms with E-state index in [1.54, 1.807) is 24.3 Å². The molecule has 4 heteroatoms. The third-order valence-corrected chi connectivity index (χ3v) is 2.07. The van der Waals surface area contributed by atoms with Crippen LogP contribution in [0, 0.1) is 0 Å². The first kappa shape index (κ1) is 10.9. The van der Waals surface area contributed by atoms with Gasteiger partial charge < -0.3 is 10.6 Å². The van der Waals surface area contributed by atoms with E-state index in [9.17, 15) is 8.78 Å². The van der Waals surface area contributed by atoms with Gasteiger partial charge >= 0.3 is 0 Å². The van der Waals surface area contributed by atoms with Crippen LogP contribution >= 0.6 is 0 Å². The molecule has 0 aliphatic heterocycles. The van der Waals surface area contributed by atoms with E-state index in [0.29, 0.717) is 5.56 Å². The van der Waals surface area contributed by atoms with E-state index < -0.39 is 12.5 Å².